The molecule has 0 spiro atoms. The van der Waals surface area contributed by atoms with Crippen molar-refractivity contribution in [2.45, 2.75) is 38.4 Å². The first-order valence-electron chi connectivity index (χ1n) is 7.32. The third kappa shape index (κ3) is 3.96. The van der Waals surface area contributed by atoms with E-state index < -0.39 is 18.0 Å². The molecule has 3 atom stereocenters. The minimum Gasteiger partial charge on any atom is -0.484 e. The third-order valence-corrected chi connectivity index (χ3v) is 3.70. The lowest BCUT2D eigenvalue weighted by molar-refractivity contribution is -0.124. The average molecular weight is 306 g/mol. The van der Waals surface area contributed by atoms with Gasteiger partial charge in [0.1, 0.15) is 11.8 Å². The van der Waals surface area contributed by atoms with E-state index in [9.17, 15) is 9.59 Å². The lowest BCUT2D eigenvalue weighted by Gasteiger charge is -2.20. The highest BCUT2D eigenvalue weighted by molar-refractivity contribution is 5.84. The summed E-state index contributed by atoms with van der Waals surface area (Å²) in [5.74, 6) is -0.180. The molecule has 1 aromatic carbocycles. The highest BCUT2D eigenvalue weighted by Crippen LogP contribution is 2.12. The van der Waals surface area contributed by atoms with Crippen molar-refractivity contribution in [2.75, 3.05) is 6.61 Å². The van der Waals surface area contributed by atoms with Crippen molar-refractivity contribution in [3.8, 4) is 5.75 Å². The van der Waals surface area contributed by atoms with E-state index in [1.165, 1.54) is 5.56 Å². The number of carbonyl (C=O) groups excluding carboxylic acids is 2. The smallest absolute Gasteiger partial charge is 0.258 e. The molecule has 120 valence electrons. The largest absolute Gasteiger partial charge is 0.484 e. The van der Waals surface area contributed by atoms with Crippen LogP contribution in [0, 0.1) is 0 Å². The van der Waals surface area contributed by atoms with Crippen molar-refractivity contribution in [1.29, 1.82) is 0 Å². The Kier molecular flexibility index (Phi) is 5.35. The number of hydrogen-bond acceptors (Lipinski definition) is 5. The summed E-state index contributed by atoms with van der Waals surface area (Å²) in [7, 11) is 0. The van der Waals surface area contributed by atoms with E-state index >= 15 is 0 Å². The molecule has 0 radical (unpaired) electrons. The van der Waals surface area contributed by atoms with Crippen LogP contribution >= 0.6 is 0 Å². The Morgan fingerprint density at radius 2 is 1.95 bits per heavy atom. The molecule has 7 nitrogen and oxygen atoms in total. The van der Waals surface area contributed by atoms with Crippen LogP contribution in [0.15, 0.2) is 24.3 Å². The lowest BCUT2D eigenvalue weighted by atomic mass is 10.0. The second kappa shape index (κ2) is 7.24. The fourth-order valence-corrected chi connectivity index (χ4v) is 2.34. The first-order chi connectivity index (χ1) is 10.5. The SMILES string of the molecule is CCc1ccc(OCC(=O)NC2C(C)NNC2C(N)=O)cc1. The third-order valence-electron chi connectivity index (χ3n) is 3.70. The van der Waals surface area contributed by atoms with Gasteiger partial charge in [-0.1, -0.05) is 19.1 Å². The monoisotopic (exact) mass is 306 g/mol. The Bertz CT molecular complexity index is 532. The number of benzene rings is 1. The number of nitrogens with one attached hydrogen (secondary N) is 3. The molecule has 3 unspecified atom stereocenters. The van der Waals surface area contributed by atoms with Crippen molar-refractivity contribution in [2.24, 2.45) is 5.73 Å². The van der Waals surface area contributed by atoms with E-state index in [1.807, 2.05) is 31.2 Å². The fraction of sp³-hybridized carbons (Fsp3) is 0.467. The molecule has 1 heterocycles. The molecule has 2 rings (SSSR count). The number of hydrogen-bond donors (Lipinski definition) is 4. The van der Waals surface area contributed by atoms with Crippen molar-refractivity contribution < 1.29 is 14.3 Å². The molecule has 0 saturated carbocycles. The zero-order valence-corrected chi connectivity index (χ0v) is 12.8. The van der Waals surface area contributed by atoms with Crippen LogP contribution in [-0.2, 0) is 16.0 Å². The molecule has 1 aliphatic rings. The van der Waals surface area contributed by atoms with Gasteiger partial charge in [-0.05, 0) is 31.0 Å². The fourth-order valence-electron chi connectivity index (χ4n) is 2.34. The van der Waals surface area contributed by atoms with Gasteiger partial charge in [-0.15, -0.1) is 0 Å². The number of hydrazine groups is 1. The number of rotatable bonds is 6. The maximum absolute atomic E-state index is 12.0. The summed E-state index contributed by atoms with van der Waals surface area (Å²) in [5.41, 5.74) is 12.2. The molecule has 22 heavy (non-hydrogen) atoms. The zero-order chi connectivity index (χ0) is 16.1. The van der Waals surface area contributed by atoms with Gasteiger partial charge >= 0.3 is 0 Å². The number of carbonyl (C=O) groups is 2. The maximum Gasteiger partial charge on any atom is 0.258 e. The van der Waals surface area contributed by atoms with E-state index in [2.05, 4.69) is 23.1 Å². The highest BCUT2D eigenvalue weighted by Gasteiger charge is 2.37. The summed E-state index contributed by atoms with van der Waals surface area (Å²) in [6.07, 6.45) is 0.953. The van der Waals surface area contributed by atoms with Crippen LogP contribution in [-0.4, -0.2) is 36.5 Å². The number of nitrogens with two attached hydrogens (primary N) is 1. The second-order valence-electron chi connectivity index (χ2n) is 5.34. The van der Waals surface area contributed by atoms with Gasteiger partial charge in [-0.2, -0.15) is 0 Å². The molecule has 7 heteroatoms. The van der Waals surface area contributed by atoms with E-state index in [0.29, 0.717) is 5.75 Å². The number of ether oxygens (including phenoxy) is 1. The van der Waals surface area contributed by atoms with Crippen LogP contribution in [0.4, 0.5) is 0 Å². The summed E-state index contributed by atoms with van der Waals surface area (Å²) in [5, 5.41) is 2.76. The molecule has 0 bridgehead atoms. The summed E-state index contributed by atoms with van der Waals surface area (Å²) in [4.78, 5) is 23.3. The van der Waals surface area contributed by atoms with Crippen LogP contribution < -0.4 is 26.6 Å². The molecule has 5 N–H and O–H groups in total. The van der Waals surface area contributed by atoms with Gasteiger partial charge in [0.05, 0.1) is 6.04 Å². The normalized spacial score (nSPS) is 24.0. The average Bonchev–Trinajstić information content (AvgIpc) is 2.87. The number of primary amides is 1. The molecule has 1 saturated heterocycles. The van der Waals surface area contributed by atoms with Crippen molar-refractivity contribution in [3.05, 3.63) is 29.8 Å². The van der Waals surface area contributed by atoms with Gasteiger partial charge in [-0.3, -0.25) is 15.0 Å². The van der Waals surface area contributed by atoms with E-state index in [0.717, 1.165) is 6.42 Å². The van der Waals surface area contributed by atoms with Gasteiger partial charge in [0.2, 0.25) is 5.91 Å². The molecule has 0 aromatic heterocycles. The molecule has 1 aliphatic heterocycles. The minimum atomic E-state index is -0.636. The Hall–Kier alpha value is -2.12. The minimum absolute atomic E-state index is 0.106. The standard InChI is InChI=1S/C15H22N4O3/c1-3-10-4-6-11(7-5-10)22-8-12(20)17-13-9(2)18-19-14(13)15(16)21/h4-7,9,13-14,18-19H,3,8H2,1-2H3,(H2,16,21)(H,17,20). The molecule has 1 fully saturated rings. The Morgan fingerprint density at radius 3 is 2.55 bits per heavy atom. The summed E-state index contributed by atoms with van der Waals surface area (Å²) >= 11 is 0. The Morgan fingerprint density at radius 1 is 1.27 bits per heavy atom. The van der Waals surface area contributed by atoms with Crippen LogP contribution in [0.5, 0.6) is 5.75 Å². The molecular formula is C15H22N4O3. The molecule has 2 amide bonds. The lowest BCUT2D eigenvalue weighted by Crippen LogP contribution is -2.53. The summed E-state index contributed by atoms with van der Waals surface area (Å²) < 4.78 is 5.44. The zero-order valence-electron chi connectivity index (χ0n) is 12.8. The summed E-state index contributed by atoms with van der Waals surface area (Å²) in [6, 6.07) is 6.44. The van der Waals surface area contributed by atoms with Crippen LogP contribution in [0.2, 0.25) is 0 Å². The molecular weight excluding hydrogens is 284 g/mol. The first-order valence-corrected chi connectivity index (χ1v) is 7.32. The van der Waals surface area contributed by atoms with Crippen LogP contribution in [0.25, 0.3) is 0 Å². The quantitative estimate of drug-likeness (QED) is 0.565. The van der Waals surface area contributed by atoms with Gasteiger partial charge in [0.25, 0.3) is 5.91 Å². The van der Waals surface area contributed by atoms with Gasteiger partial charge in [0.15, 0.2) is 6.61 Å². The van der Waals surface area contributed by atoms with Crippen molar-refractivity contribution >= 4 is 11.8 Å². The highest BCUT2D eigenvalue weighted by atomic mass is 16.5. The predicted octanol–water partition coefficient (Wildman–Crippen LogP) is -0.537. The Labute approximate surface area is 129 Å². The topological polar surface area (TPSA) is 105 Å². The summed E-state index contributed by atoms with van der Waals surface area (Å²) in [6.45, 7) is 3.81. The van der Waals surface area contributed by atoms with E-state index in [4.69, 9.17) is 10.5 Å². The van der Waals surface area contributed by atoms with E-state index in [-0.39, 0.29) is 18.6 Å². The van der Waals surface area contributed by atoms with Gasteiger partial charge in [-0.25, -0.2) is 5.43 Å². The van der Waals surface area contributed by atoms with Crippen LogP contribution in [0.1, 0.15) is 19.4 Å². The molecule has 0 aliphatic carbocycles. The van der Waals surface area contributed by atoms with Crippen molar-refractivity contribution in [3.63, 3.8) is 0 Å². The van der Waals surface area contributed by atoms with E-state index in [1.54, 1.807) is 0 Å². The first kappa shape index (κ1) is 16.3. The van der Waals surface area contributed by atoms with Crippen molar-refractivity contribution in [1.82, 2.24) is 16.2 Å². The second-order valence-corrected chi connectivity index (χ2v) is 5.34. The van der Waals surface area contributed by atoms with Crippen LogP contribution in [0.3, 0.4) is 0 Å². The van der Waals surface area contributed by atoms with Gasteiger partial charge in [0, 0.05) is 6.04 Å². The van der Waals surface area contributed by atoms with Gasteiger partial charge < -0.3 is 15.8 Å². The number of amides is 2. The molecule has 1 aromatic rings. The maximum atomic E-state index is 12.0. The number of aryl methyl sites for hydroxylation is 1. The predicted molar refractivity (Wildman–Crippen MR) is 82.0 cm³/mol. The Balaban J connectivity index is 1.85.